The molecule has 6 heteroatoms. The number of hydrogen-bond acceptors (Lipinski definition) is 5. The van der Waals surface area contributed by atoms with Gasteiger partial charge in [0, 0.05) is 12.8 Å². The van der Waals surface area contributed by atoms with Gasteiger partial charge in [-0.25, -0.2) is 0 Å². The summed E-state index contributed by atoms with van der Waals surface area (Å²) in [5, 5.41) is 23.5. The van der Waals surface area contributed by atoms with Crippen molar-refractivity contribution in [3.8, 4) is 0 Å². The molecule has 0 aliphatic rings. The monoisotopic (exact) mass is 1240 g/mol. The quantitative estimate of drug-likeness (QED) is 0.0320. The molecule has 2 atom stereocenters. The third-order valence-electron chi connectivity index (χ3n) is 19.2. The highest BCUT2D eigenvalue weighted by molar-refractivity contribution is 5.76. The number of carbonyl (C=O) groups excluding carboxylic acids is 2. The number of esters is 1. The maximum atomic E-state index is 12.6. The highest BCUT2D eigenvalue weighted by Gasteiger charge is 2.20. The molecule has 0 aromatic rings. The molecular formula is C82H159NO5. The van der Waals surface area contributed by atoms with E-state index in [1.54, 1.807) is 0 Å². The van der Waals surface area contributed by atoms with E-state index in [0.717, 1.165) is 44.9 Å². The molecule has 0 aliphatic carbocycles. The van der Waals surface area contributed by atoms with Gasteiger partial charge in [0.25, 0.3) is 0 Å². The van der Waals surface area contributed by atoms with Crippen molar-refractivity contribution in [1.29, 1.82) is 0 Å². The van der Waals surface area contributed by atoms with Gasteiger partial charge in [0.05, 0.1) is 25.4 Å². The molecule has 0 spiro atoms. The average Bonchev–Trinajstić information content (AvgIpc) is 3.59. The van der Waals surface area contributed by atoms with E-state index in [1.165, 1.54) is 385 Å². The number of rotatable bonds is 77. The molecule has 2 unspecified atom stereocenters. The van der Waals surface area contributed by atoms with Gasteiger partial charge < -0.3 is 20.3 Å². The van der Waals surface area contributed by atoms with Crippen molar-refractivity contribution in [2.24, 2.45) is 0 Å². The molecule has 522 valence electrons. The van der Waals surface area contributed by atoms with Crippen LogP contribution < -0.4 is 5.32 Å². The minimum absolute atomic E-state index is 0.0154. The van der Waals surface area contributed by atoms with Crippen LogP contribution in [0, 0.1) is 0 Å². The van der Waals surface area contributed by atoms with Crippen molar-refractivity contribution in [2.75, 3.05) is 13.2 Å². The molecule has 0 aromatic carbocycles. The number of amides is 1. The van der Waals surface area contributed by atoms with Gasteiger partial charge in [-0.2, -0.15) is 0 Å². The highest BCUT2D eigenvalue weighted by atomic mass is 16.5. The zero-order valence-electron chi connectivity index (χ0n) is 60.0. The van der Waals surface area contributed by atoms with E-state index in [0.29, 0.717) is 25.9 Å². The second-order valence-electron chi connectivity index (χ2n) is 28.1. The Labute approximate surface area is 551 Å². The maximum absolute atomic E-state index is 12.6. The maximum Gasteiger partial charge on any atom is 0.305 e. The molecule has 88 heavy (non-hydrogen) atoms. The molecule has 0 heterocycles. The Morgan fingerprint density at radius 3 is 0.807 bits per heavy atom. The van der Waals surface area contributed by atoms with Gasteiger partial charge in [0.2, 0.25) is 5.91 Å². The largest absolute Gasteiger partial charge is 0.466 e. The van der Waals surface area contributed by atoms with E-state index in [-0.39, 0.29) is 18.5 Å². The molecule has 6 nitrogen and oxygen atoms in total. The molecule has 0 rings (SSSR count). The first kappa shape index (κ1) is 86.3. The Morgan fingerprint density at radius 1 is 0.307 bits per heavy atom. The summed E-state index contributed by atoms with van der Waals surface area (Å²) in [5.41, 5.74) is 0. The van der Waals surface area contributed by atoms with Gasteiger partial charge in [-0.05, 0) is 77.0 Å². The smallest absolute Gasteiger partial charge is 0.305 e. The van der Waals surface area contributed by atoms with Crippen molar-refractivity contribution in [3.05, 3.63) is 24.3 Å². The first-order valence-corrected chi connectivity index (χ1v) is 40.6. The molecule has 1 amide bonds. The summed E-state index contributed by atoms with van der Waals surface area (Å²) in [6.07, 6.45) is 99.9. The second kappa shape index (κ2) is 77.8. The Hall–Kier alpha value is -1.66. The lowest BCUT2D eigenvalue weighted by Gasteiger charge is -2.22. The van der Waals surface area contributed by atoms with E-state index >= 15 is 0 Å². The van der Waals surface area contributed by atoms with Crippen LogP contribution in [0.3, 0.4) is 0 Å². The van der Waals surface area contributed by atoms with Gasteiger partial charge in [0.1, 0.15) is 0 Å². The van der Waals surface area contributed by atoms with Crippen molar-refractivity contribution in [1.82, 2.24) is 5.32 Å². The van der Waals surface area contributed by atoms with Crippen LogP contribution in [0.4, 0.5) is 0 Å². The number of unbranched alkanes of at least 4 members (excludes halogenated alkanes) is 62. The minimum atomic E-state index is -0.665. The third kappa shape index (κ3) is 73.4. The van der Waals surface area contributed by atoms with Crippen LogP contribution in [0.15, 0.2) is 24.3 Å². The molecule has 0 fully saturated rings. The van der Waals surface area contributed by atoms with Crippen LogP contribution in [0.25, 0.3) is 0 Å². The van der Waals surface area contributed by atoms with Crippen LogP contribution in [0.2, 0.25) is 0 Å². The lowest BCUT2D eigenvalue weighted by molar-refractivity contribution is -0.143. The van der Waals surface area contributed by atoms with Crippen LogP contribution in [0.1, 0.15) is 463 Å². The standard InChI is InChI=1S/C82H159NO5/c1-3-5-7-9-11-13-15-17-19-21-23-24-33-36-39-42-46-50-54-58-62-66-70-74-80(85)79(78-84)83-81(86)75-71-67-63-59-55-51-47-43-40-37-34-31-29-27-25-26-28-30-32-35-38-41-45-49-53-57-61-65-69-73-77-88-82(87)76-72-68-64-60-56-52-48-44-22-20-18-16-14-12-10-8-6-4-2/h20,22,26,28,79-80,84-85H,3-19,21,23-25,27,29-78H2,1-2H3,(H,83,86)/b22-20-,28-26-. The number of ether oxygens (including phenoxy) is 1. The first-order chi connectivity index (χ1) is 43.5. The topological polar surface area (TPSA) is 95.9 Å². The lowest BCUT2D eigenvalue weighted by atomic mass is 10.0. The number of aliphatic hydroxyl groups excluding tert-OH is 2. The number of aliphatic hydroxyl groups is 2. The molecule has 3 N–H and O–H groups in total. The number of carbonyl (C=O) groups is 2. The number of allylic oxidation sites excluding steroid dienone is 4. The Kier molecular flexibility index (Phi) is 76.3. The normalized spacial score (nSPS) is 12.5. The average molecular weight is 1240 g/mol. The molecule has 0 aromatic heterocycles. The summed E-state index contributed by atoms with van der Waals surface area (Å²) in [4.78, 5) is 24.7. The van der Waals surface area contributed by atoms with Crippen LogP contribution in [-0.4, -0.2) is 47.4 Å². The van der Waals surface area contributed by atoms with Crippen molar-refractivity contribution < 1.29 is 24.5 Å². The van der Waals surface area contributed by atoms with Crippen LogP contribution >= 0.6 is 0 Å². The molecule has 0 saturated heterocycles. The van der Waals surface area contributed by atoms with E-state index in [2.05, 4.69) is 43.5 Å². The SMILES string of the molecule is CCCCCCCCC/C=C\CCCCCCCCCC(=O)OCCCCCCCCCCCCCC/C=C\CCCCCCCCCCCCCCCCC(=O)NC(CO)C(O)CCCCCCCCCCCCCCCCCCCCCCCCC. The predicted molar refractivity (Wildman–Crippen MR) is 389 cm³/mol. The zero-order valence-corrected chi connectivity index (χ0v) is 60.0. The Bertz CT molecular complexity index is 1380. The minimum Gasteiger partial charge on any atom is -0.466 e. The van der Waals surface area contributed by atoms with Gasteiger partial charge in [0.15, 0.2) is 0 Å². The molecule has 0 bridgehead atoms. The van der Waals surface area contributed by atoms with E-state index in [1.807, 2.05) is 0 Å². The van der Waals surface area contributed by atoms with Crippen molar-refractivity contribution in [3.63, 3.8) is 0 Å². The van der Waals surface area contributed by atoms with Crippen LogP contribution in [0.5, 0.6) is 0 Å². The molecule has 0 aliphatic heterocycles. The first-order valence-electron chi connectivity index (χ1n) is 40.6. The summed E-state index contributed by atoms with van der Waals surface area (Å²) in [6, 6.07) is -0.542. The number of hydrogen-bond donors (Lipinski definition) is 3. The Balaban J connectivity index is 3.36. The second-order valence-corrected chi connectivity index (χ2v) is 28.1. The molecular weight excluding hydrogens is 1080 g/mol. The molecule has 0 radical (unpaired) electrons. The van der Waals surface area contributed by atoms with E-state index < -0.39 is 12.1 Å². The van der Waals surface area contributed by atoms with Crippen LogP contribution in [-0.2, 0) is 14.3 Å². The zero-order chi connectivity index (χ0) is 63.5. The highest BCUT2D eigenvalue weighted by Crippen LogP contribution is 2.20. The fraction of sp³-hybridized carbons (Fsp3) is 0.927. The Morgan fingerprint density at radius 2 is 0.534 bits per heavy atom. The third-order valence-corrected chi connectivity index (χ3v) is 19.2. The van der Waals surface area contributed by atoms with Crippen molar-refractivity contribution >= 4 is 11.9 Å². The van der Waals surface area contributed by atoms with Gasteiger partial charge >= 0.3 is 5.97 Å². The van der Waals surface area contributed by atoms with Crippen molar-refractivity contribution in [2.45, 2.75) is 475 Å². The summed E-state index contributed by atoms with van der Waals surface area (Å²) in [7, 11) is 0. The van der Waals surface area contributed by atoms with Gasteiger partial charge in [-0.1, -0.05) is 398 Å². The summed E-state index contributed by atoms with van der Waals surface area (Å²) in [5.74, 6) is -0.0124. The predicted octanol–water partition coefficient (Wildman–Crippen LogP) is 26.8. The lowest BCUT2D eigenvalue weighted by Crippen LogP contribution is -2.45. The summed E-state index contributed by atoms with van der Waals surface area (Å²) < 4.78 is 5.51. The summed E-state index contributed by atoms with van der Waals surface area (Å²) in [6.45, 7) is 5.00. The fourth-order valence-electron chi connectivity index (χ4n) is 13.0. The summed E-state index contributed by atoms with van der Waals surface area (Å²) >= 11 is 0. The van der Waals surface area contributed by atoms with Gasteiger partial charge in [-0.3, -0.25) is 9.59 Å². The fourth-order valence-corrected chi connectivity index (χ4v) is 13.0. The van der Waals surface area contributed by atoms with E-state index in [9.17, 15) is 19.8 Å². The van der Waals surface area contributed by atoms with Gasteiger partial charge in [-0.15, -0.1) is 0 Å². The molecule has 0 saturated carbocycles. The van der Waals surface area contributed by atoms with E-state index in [4.69, 9.17) is 4.74 Å². The number of nitrogens with one attached hydrogen (secondary N) is 1.